The van der Waals surface area contributed by atoms with Crippen molar-refractivity contribution in [3.8, 4) is 0 Å². The number of allylic oxidation sites excluding steroid dienone is 4. The maximum atomic E-state index is 13.7. The van der Waals surface area contributed by atoms with Gasteiger partial charge in [-0.2, -0.15) is 0 Å². The van der Waals surface area contributed by atoms with E-state index in [0.29, 0.717) is 12.8 Å². The van der Waals surface area contributed by atoms with Gasteiger partial charge in [-0.3, -0.25) is 14.4 Å². The molecule has 180 valence electrons. The van der Waals surface area contributed by atoms with E-state index in [2.05, 4.69) is 6.92 Å². The fourth-order valence-corrected chi connectivity index (χ4v) is 8.20. The molecule has 3 saturated carbocycles. The van der Waals surface area contributed by atoms with Crippen molar-refractivity contribution in [3.05, 3.63) is 23.8 Å². The third-order valence-corrected chi connectivity index (χ3v) is 9.31. The van der Waals surface area contributed by atoms with Crippen LogP contribution in [-0.2, 0) is 28.6 Å². The van der Waals surface area contributed by atoms with E-state index in [0.717, 1.165) is 18.4 Å². The van der Waals surface area contributed by atoms with Gasteiger partial charge in [0.15, 0.2) is 23.8 Å². The molecule has 4 fully saturated rings. The van der Waals surface area contributed by atoms with Crippen molar-refractivity contribution >= 4 is 17.5 Å². The zero-order valence-electron chi connectivity index (χ0n) is 20.1. The molecule has 0 aromatic rings. The summed E-state index contributed by atoms with van der Waals surface area (Å²) in [5, 5.41) is 11.6. The maximum absolute atomic E-state index is 13.7. The number of ketones is 2. The molecule has 5 rings (SSSR count). The highest BCUT2D eigenvalue weighted by molar-refractivity contribution is 6.01. The number of hydrogen-bond donors (Lipinski definition) is 1. The average Bonchev–Trinajstić information content (AvgIpc) is 3.12. The fourth-order valence-electron chi connectivity index (χ4n) is 8.20. The molecule has 7 nitrogen and oxygen atoms in total. The molecule has 1 saturated heterocycles. The van der Waals surface area contributed by atoms with Gasteiger partial charge in [0.2, 0.25) is 5.78 Å². The summed E-state index contributed by atoms with van der Waals surface area (Å²) in [6.45, 7) is 8.68. The van der Waals surface area contributed by atoms with Crippen LogP contribution in [0.15, 0.2) is 23.8 Å². The van der Waals surface area contributed by atoms with Crippen molar-refractivity contribution in [2.45, 2.75) is 83.9 Å². The lowest BCUT2D eigenvalue weighted by Crippen LogP contribution is -2.64. The summed E-state index contributed by atoms with van der Waals surface area (Å²) in [6.07, 6.45) is 6.85. The standard InChI is InChI=1S/C26H34O7/c1-14(27)31-13-20(30)26-21(32-23(2,3)33-26)11-18-17-7-6-15-10-16(28)8-9-24(15,4)22(17)19(29)12-25(18,26)5/h8-10,17-19,21-22,29H,6-7,11-13H2,1-5H3/t17-,18-,19-,21+,22+,24-,25-,26+/m0/s1. The lowest BCUT2D eigenvalue weighted by atomic mass is 9.46. The Labute approximate surface area is 194 Å². The van der Waals surface area contributed by atoms with Crippen LogP contribution in [0.1, 0.15) is 60.3 Å². The van der Waals surface area contributed by atoms with Crippen LogP contribution in [0.5, 0.6) is 0 Å². The largest absolute Gasteiger partial charge is 0.458 e. The first-order valence-electron chi connectivity index (χ1n) is 12.0. The Hall–Kier alpha value is -1.83. The average molecular weight is 459 g/mol. The number of aliphatic hydroxyl groups excluding tert-OH is 1. The number of carbonyl (C=O) groups excluding carboxylic acids is 3. The van der Waals surface area contributed by atoms with E-state index in [4.69, 9.17) is 14.2 Å². The van der Waals surface area contributed by atoms with E-state index >= 15 is 0 Å². The minimum atomic E-state index is -1.28. The third-order valence-electron chi connectivity index (χ3n) is 9.31. The van der Waals surface area contributed by atoms with Crippen LogP contribution in [-0.4, -0.2) is 52.8 Å². The lowest BCUT2D eigenvalue weighted by Gasteiger charge is -2.59. The molecule has 1 N–H and O–H groups in total. The molecule has 8 atom stereocenters. The Bertz CT molecular complexity index is 979. The van der Waals surface area contributed by atoms with Crippen molar-refractivity contribution in [2.24, 2.45) is 28.6 Å². The van der Waals surface area contributed by atoms with Crippen LogP contribution >= 0.6 is 0 Å². The summed E-state index contributed by atoms with van der Waals surface area (Å²) in [5.41, 5.74) is -1.25. The number of Topliss-reactive ketones (excluding diaryl/α,β-unsaturated/α-hetero) is 1. The van der Waals surface area contributed by atoms with Crippen LogP contribution in [0.4, 0.5) is 0 Å². The van der Waals surface area contributed by atoms with E-state index in [-0.39, 0.29) is 41.3 Å². The number of ether oxygens (including phenoxy) is 3. The SMILES string of the molecule is CC(=O)OCC(=O)[C@@]12OC(C)(C)O[C@@H]1C[C@H]1[C@@H]3CCC4=CC(=O)C=C[C@]4(C)[C@H]3[C@@H](O)C[C@@]12C. The second kappa shape index (κ2) is 7.09. The van der Waals surface area contributed by atoms with Crippen LogP contribution < -0.4 is 0 Å². The molecular formula is C26H34O7. The summed E-state index contributed by atoms with van der Waals surface area (Å²) >= 11 is 0. The number of hydrogen-bond acceptors (Lipinski definition) is 7. The van der Waals surface area contributed by atoms with Crippen LogP contribution in [0.2, 0.25) is 0 Å². The van der Waals surface area contributed by atoms with Crippen molar-refractivity contribution in [1.29, 1.82) is 0 Å². The smallest absolute Gasteiger partial charge is 0.303 e. The van der Waals surface area contributed by atoms with Crippen molar-refractivity contribution < 1.29 is 33.7 Å². The number of esters is 1. The topological polar surface area (TPSA) is 99.1 Å². The number of carbonyl (C=O) groups is 3. The zero-order chi connectivity index (χ0) is 24.0. The predicted octanol–water partition coefficient (Wildman–Crippen LogP) is 2.90. The minimum absolute atomic E-state index is 0.00510. The normalized spacial score (nSPS) is 47.2. The Balaban J connectivity index is 1.56. The van der Waals surface area contributed by atoms with Crippen LogP contribution in [0, 0.1) is 28.6 Å². The second-order valence-electron chi connectivity index (χ2n) is 11.5. The fraction of sp³-hybridized carbons (Fsp3) is 0.731. The second-order valence-corrected chi connectivity index (χ2v) is 11.5. The van der Waals surface area contributed by atoms with E-state index in [1.165, 1.54) is 6.92 Å². The van der Waals surface area contributed by atoms with Crippen LogP contribution in [0.3, 0.4) is 0 Å². The van der Waals surface area contributed by atoms with Gasteiger partial charge < -0.3 is 19.3 Å². The molecule has 0 bridgehead atoms. The highest BCUT2D eigenvalue weighted by atomic mass is 16.8. The van der Waals surface area contributed by atoms with Gasteiger partial charge >= 0.3 is 5.97 Å². The highest BCUT2D eigenvalue weighted by Gasteiger charge is 2.76. The van der Waals surface area contributed by atoms with Gasteiger partial charge in [0.1, 0.15) is 0 Å². The lowest BCUT2D eigenvalue weighted by molar-refractivity contribution is -0.225. The molecule has 0 aromatic carbocycles. The van der Waals surface area contributed by atoms with Gasteiger partial charge in [-0.25, -0.2) is 0 Å². The molecule has 33 heavy (non-hydrogen) atoms. The summed E-state index contributed by atoms with van der Waals surface area (Å²) in [6, 6.07) is 0. The summed E-state index contributed by atoms with van der Waals surface area (Å²) in [5.74, 6) is -1.56. The number of aliphatic hydroxyl groups is 1. The predicted molar refractivity (Wildman–Crippen MR) is 118 cm³/mol. The molecule has 4 aliphatic carbocycles. The Morgan fingerprint density at radius 1 is 1.24 bits per heavy atom. The molecule has 0 amide bonds. The van der Waals surface area contributed by atoms with Crippen molar-refractivity contribution in [3.63, 3.8) is 0 Å². The van der Waals surface area contributed by atoms with Gasteiger partial charge in [0, 0.05) is 23.7 Å². The van der Waals surface area contributed by atoms with Gasteiger partial charge in [0.25, 0.3) is 0 Å². The molecule has 5 aliphatic rings. The van der Waals surface area contributed by atoms with E-state index < -0.39 is 35.0 Å². The summed E-state index contributed by atoms with van der Waals surface area (Å²) < 4.78 is 17.9. The maximum Gasteiger partial charge on any atom is 0.303 e. The first-order chi connectivity index (χ1) is 15.3. The summed E-state index contributed by atoms with van der Waals surface area (Å²) in [7, 11) is 0. The quantitative estimate of drug-likeness (QED) is 0.649. The first-order valence-corrected chi connectivity index (χ1v) is 12.0. The first kappa shape index (κ1) is 22.9. The summed E-state index contributed by atoms with van der Waals surface area (Å²) in [4.78, 5) is 37.1. The van der Waals surface area contributed by atoms with Crippen LogP contribution in [0.25, 0.3) is 0 Å². The van der Waals surface area contributed by atoms with Crippen molar-refractivity contribution in [2.75, 3.05) is 6.61 Å². The van der Waals surface area contributed by atoms with Gasteiger partial charge in [-0.05, 0) is 63.5 Å². The Kier molecular flexibility index (Phi) is 4.93. The monoisotopic (exact) mass is 458 g/mol. The van der Waals surface area contributed by atoms with E-state index in [9.17, 15) is 19.5 Å². The zero-order valence-corrected chi connectivity index (χ0v) is 20.1. The van der Waals surface area contributed by atoms with Crippen molar-refractivity contribution in [1.82, 2.24) is 0 Å². The molecular weight excluding hydrogens is 424 g/mol. The van der Waals surface area contributed by atoms with Gasteiger partial charge in [-0.15, -0.1) is 0 Å². The molecule has 0 spiro atoms. The Morgan fingerprint density at radius 3 is 2.67 bits per heavy atom. The molecule has 0 radical (unpaired) electrons. The third kappa shape index (κ3) is 3.01. The number of fused-ring (bicyclic) bond motifs is 7. The minimum Gasteiger partial charge on any atom is -0.458 e. The molecule has 0 aromatic heterocycles. The molecule has 7 heteroatoms. The molecule has 0 unspecified atom stereocenters. The molecule has 1 aliphatic heterocycles. The Morgan fingerprint density at radius 2 is 1.97 bits per heavy atom. The van der Waals surface area contributed by atoms with E-state index in [1.54, 1.807) is 26.0 Å². The number of rotatable bonds is 3. The van der Waals surface area contributed by atoms with Gasteiger partial charge in [0.05, 0.1) is 12.2 Å². The molecule has 1 heterocycles. The van der Waals surface area contributed by atoms with Gasteiger partial charge in [-0.1, -0.05) is 25.5 Å². The highest BCUT2D eigenvalue weighted by Crippen LogP contribution is 2.70. The van der Waals surface area contributed by atoms with E-state index in [1.807, 2.05) is 13.0 Å².